The fourth-order valence-corrected chi connectivity index (χ4v) is 4.51. The highest BCUT2D eigenvalue weighted by atomic mass is 16.5. The molecule has 0 bridgehead atoms. The zero-order chi connectivity index (χ0) is 22.0. The Bertz CT molecular complexity index is 989. The minimum Gasteiger partial charge on any atom is -0.495 e. The van der Waals surface area contributed by atoms with Crippen LogP contribution in [0.5, 0.6) is 5.75 Å². The second-order valence-electron chi connectivity index (χ2n) is 8.13. The lowest BCUT2D eigenvalue weighted by Gasteiger charge is -2.46. The first-order chi connectivity index (χ1) is 15.0. The van der Waals surface area contributed by atoms with Gasteiger partial charge in [-0.15, -0.1) is 0 Å². The molecule has 2 aromatic rings. The van der Waals surface area contributed by atoms with Crippen LogP contribution in [0.1, 0.15) is 31.2 Å². The molecule has 31 heavy (non-hydrogen) atoms. The number of urea groups is 1. The van der Waals surface area contributed by atoms with Crippen molar-refractivity contribution < 1.29 is 19.1 Å². The summed E-state index contributed by atoms with van der Waals surface area (Å²) in [7, 11) is 1.54. The normalized spacial score (nSPS) is 21.0. The molecule has 2 unspecified atom stereocenters. The van der Waals surface area contributed by atoms with Gasteiger partial charge < -0.3 is 15.0 Å². The summed E-state index contributed by atoms with van der Waals surface area (Å²) in [5, 5.41) is 2.84. The third kappa shape index (κ3) is 4.13. The minimum atomic E-state index is -0.438. The molecule has 1 N–H and O–H groups in total. The van der Waals surface area contributed by atoms with Crippen LogP contribution in [0, 0.1) is 12.8 Å². The molecular formula is C24H27N3O4. The largest absolute Gasteiger partial charge is 0.495 e. The Morgan fingerprint density at radius 3 is 2.52 bits per heavy atom. The van der Waals surface area contributed by atoms with Gasteiger partial charge in [-0.3, -0.25) is 9.59 Å². The lowest BCUT2D eigenvalue weighted by Crippen LogP contribution is -2.64. The second kappa shape index (κ2) is 8.79. The SMILES string of the molecule is COc1ccccc1NC(=O)CN1C(=O)N(c2ccc(C)cc2)C(=O)C2CCCCC21. The van der Waals surface area contributed by atoms with Gasteiger partial charge in [0, 0.05) is 6.04 Å². The second-order valence-corrected chi connectivity index (χ2v) is 8.13. The number of carbonyl (C=O) groups excluding carboxylic acids is 3. The van der Waals surface area contributed by atoms with Gasteiger partial charge in [0.05, 0.1) is 24.4 Å². The van der Waals surface area contributed by atoms with E-state index in [2.05, 4.69) is 5.32 Å². The quantitative estimate of drug-likeness (QED) is 0.792. The monoisotopic (exact) mass is 421 g/mol. The number of amides is 4. The van der Waals surface area contributed by atoms with E-state index in [-0.39, 0.29) is 30.3 Å². The fraction of sp³-hybridized carbons (Fsp3) is 0.375. The van der Waals surface area contributed by atoms with Gasteiger partial charge >= 0.3 is 6.03 Å². The molecule has 1 aliphatic heterocycles. The molecule has 7 nitrogen and oxygen atoms in total. The first-order valence-corrected chi connectivity index (χ1v) is 10.6. The van der Waals surface area contributed by atoms with E-state index in [0.717, 1.165) is 31.2 Å². The zero-order valence-electron chi connectivity index (χ0n) is 17.8. The summed E-state index contributed by atoms with van der Waals surface area (Å²) in [6, 6.07) is 13.8. The number of ether oxygens (including phenoxy) is 1. The number of para-hydroxylation sites is 2. The Kier molecular flexibility index (Phi) is 5.93. The summed E-state index contributed by atoms with van der Waals surface area (Å²) < 4.78 is 5.29. The van der Waals surface area contributed by atoms with Crippen LogP contribution >= 0.6 is 0 Å². The number of nitrogens with one attached hydrogen (secondary N) is 1. The Morgan fingerprint density at radius 2 is 1.77 bits per heavy atom. The van der Waals surface area contributed by atoms with Crippen LogP contribution in [-0.4, -0.2) is 42.4 Å². The van der Waals surface area contributed by atoms with Crippen LogP contribution in [0.15, 0.2) is 48.5 Å². The molecule has 2 aliphatic rings. The summed E-state index contributed by atoms with van der Waals surface area (Å²) in [6.07, 6.45) is 3.34. The molecule has 4 rings (SSSR count). The van der Waals surface area contributed by atoms with Crippen molar-refractivity contribution in [1.82, 2.24) is 4.90 Å². The van der Waals surface area contributed by atoms with Crippen LogP contribution in [0.3, 0.4) is 0 Å². The Hall–Kier alpha value is -3.35. The molecule has 1 saturated heterocycles. The molecule has 1 aliphatic carbocycles. The number of aryl methyl sites for hydroxylation is 1. The molecule has 162 valence electrons. The first-order valence-electron chi connectivity index (χ1n) is 10.6. The molecule has 1 saturated carbocycles. The Labute approximate surface area is 182 Å². The third-order valence-electron chi connectivity index (χ3n) is 6.09. The standard InChI is InChI=1S/C24H27N3O4/c1-16-11-13-17(14-12-16)27-23(29)18-7-3-5-9-20(18)26(24(27)30)15-22(28)25-19-8-4-6-10-21(19)31-2/h4,6,8,10-14,18,20H,3,5,7,9,15H2,1-2H3,(H,25,28). The van der Waals surface area contributed by atoms with Crippen molar-refractivity contribution in [3.05, 3.63) is 54.1 Å². The minimum absolute atomic E-state index is 0.117. The molecule has 7 heteroatoms. The zero-order valence-corrected chi connectivity index (χ0v) is 17.8. The maximum atomic E-state index is 13.4. The average Bonchev–Trinajstić information content (AvgIpc) is 2.78. The smallest absolute Gasteiger partial charge is 0.332 e. The number of nitrogens with zero attached hydrogens (tertiary/aromatic N) is 2. The molecule has 2 atom stereocenters. The van der Waals surface area contributed by atoms with Crippen molar-refractivity contribution in [1.29, 1.82) is 0 Å². The van der Waals surface area contributed by atoms with E-state index in [1.807, 2.05) is 25.1 Å². The molecular weight excluding hydrogens is 394 g/mol. The highest BCUT2D eigenvalue weighted by Gasteiger charge is 2.48. The van der Waals surface area contributed by atoms with Crippen molar-refractivity contribution in [3.63, 3.8) is 0 Å². The molecule has 0 spiro atoms. The number of fused-ring (bicyclic) bond motifs is 1. The highest BCUT2D eigenvalue weighted by Crippen LogP contribution is 2.36. The molecule has 0 aromatic heterocycles. The van der Waals surface area contributed by atoms with Gasteiger partial charge in [-0.2, -0.15) is 0 Å². The van der Waals surface area contributed by atoms with E-state index in [1.165, 1.54) is 12.0 Å². The molecule has 0 radical (unpaired) electrons. The lowest BCUT2D eigenvalue weighted by atomic mass is 9.81. The summed E-state index contributed by atoms with van der Waals surface area (Å²) in [4.78, 5) is 42.3. The molecule has 1 heterocycles. The molecule has 4 amide bonds. The van der Waals surface area contributed by atoms with Gasteiger partial charge in [-0.05, 0) is 44.0 Å². The van der Waals surface area contributed by atoms with Crippen LogP contribution in [0.4, 0.5) is 16.2 Å². The number of rotatable bonds is 5. The fourth-order valence-electron chi connectivity index (χ4n) is 4.51. The van der Waals surface area contributed by atoms with Crippen molar-refractivity contribution in [2.75, 3.05) is 23.9 Å². The number of benzene rings is 2. The van der Waals surface area contributed by atoms with E-state index in [1.54, 1.807) is 35.2 Å². The number of hydrogen-bond donors (Lipinski definition) is 1. The van der Waals surface area contributed by atoms with Gasteiger partial charge in [0.1, 0.15) is 12.3 Å². The Morgan fingerprint density at radius 1 is 1.06 bits per heavy atom. The number of anilines is 2. The average molecular weight is 421 g/mol. The first kappa shape index (κ1) is 20.9. The predicted molar refractivity (Wildman–Crippen MR) is 118 cm³/mol. The topological polar surface area (TPSA) is 79.0 Å². The van der Waals surface area contributed by atoms with Crippen molar-refractivity contribution in [2.45, 2.75) is 38.6 Å². The highest BCUT2D eigenvalue weighted by molar-refractivity contribution is 6.17. The maximum Gasteiger partial charge on any atom is 0.332 e. The van der Waals surface area contributed by atoms with E-state index in [0.29, 0.717) is 17.1 Å². The van der Waals surface area contributed by atoms with Gasteiger partial charge in [0.2, 0.25) is 11.8 Å². The van der Waals surface area contributed by atoms with Gasteiger partial charge in [-0.1, -0.05) is 42.7 Å². The van der Waals surface area contributed by atoms with Crippen LogP contribution in [-0.2, 0) is 9.59 Å². The van der Waals surface area contributed by atoms with E-state index in [9.17, 15) is 14.4 Å². The van der Waals surface area contributed by atoms with E-state index in [4.69, 9.17) is 4.74 Å². The van der Waals surface area contributed by atoms with E-state index >= 15 is 0 Å². The summed E-state index contributed by atoms with van der Waals surface area (Å²) in [5.74, 6) is -0.222. The van der Waals surface area contributed by atoms with Gasteiger partial charge in [-0.25, -0.2) is 9.69 Å². The number of carbonyl (C=O) groups is 3. The Balaban J connectivity index is 1.59. The van der Waals surface area contributed by atoms with Crippen LogP contribution < -0.4 is 15.0 Å². The van der Waals surface area contributed by atoms with Gasteiger partial charge in [0.15, 0.2) is 0 Å². The number of methoxy groups -OCH3 is 1. The lowest BCUT2D eigenvalue weighted by molar-refractivity contribution is -0.128. The van der Waals surface area contributed by atoms with Crippen molar-refractivity contribution in [3.8, 4) is 5.75 Å². The van der Waals surface area contributed by atoms with Crippen molar-refractivity contribution >= 4 is 29.2 Å². The summed E-state index contributed by atoms with van der Waals surface area (Å²) in [6.45, 7) is 1.84. The van der Waals surface area contributed by atoms with Crippen LogP contribution in [0.2, 0.25) is 0 Å². The maximum absolute atomic E-state index is 13.4. The van der Waals surface area contributed by atoms with E-state index < -0.39 is 6.03 Å². The number of hydrogen-bond acceptors (Lipinski definition) is 4. The summed E-state index contributed by atoms with van der Waals surface area (Å²) >= 11 is 0. The summed E-state index contributed by atoms with van der Waals surface area (Å²) in [5.41, 5.74) is 2.13. The third-order valence-corrected chi connectivity index (χ3v) is 6.09. The predicted octanol–water partition coefficient (Wildman–Crippen LogP) is 3.97. The van der Waals surface area contributed by atoms with Crippen molar-refractivity contribution in [2.24, 2.45) is 5.92 Å². The van der Waals surface area contributed by atoms with Crippen LogP contribution in [0.25, 0.3) is 0 Å². The number of imide groups is 1. The molecule has 2 fully saturated rings. The molecule has 2 aromatic carbocycles. The van der Waals surface area contributed by atoms with Gasteiger partial charge in [0.25, 0.3) is 0 Å².